The Morgan fingerprint density at radius 3 is 2.85 bits per heavy atom. The van der Waals surface area contributed by atoms with Gasteiger partial charge in [0.2, 0.25) is 0 Å². The molecule has 0 spiro atoms. The van der Waals surface area contributed by atoms with E-state index in [1.165, 1.54) is 24.0 Å². The van der Waals surface area contributed by atoms with Gasteiger partial charge in [0.05, 0.1) is 17.7 Å². The Morgan fingerprint density at radius 2 is 2.11 bits per heavy atom. The summed E-state index contributed by atoms with van der Waals surface area (Å²) in [6, 6.07) is 8.53. The number of nitrogens with zero attached hydrogens (tertiary/aromatic N) is 3. The summed E-state index contributed by atoms with van der Waals surface area (Å²) in [6.45, 7) is 6.23. The molecular formula is C21H29N5O. The summed E-state index contributed by atoms with van der Waals surface area (Å²) in [4.78, 5) is 4.73. The number of aromatic nitrogens is 2. The summed E-state index contributed by atoms with van der Waals surface area (Å²) in [7, 11) is 0. The topological polar surface area (TPSA) is 77.5 Å². The molecule has 2 aliphatic rings. The van der Waals surface area contributed by atoms with Crippen LogP contribution in [0.4, 0.5) is 5.69 Å². The van der Waals surface area contributed by atoms with E-state index in [0.717, 1.165) is 18.5 Å². The molecule has 4 rings (SSSR count). The van der Waals surface area contributed by atoms with Crippen molar-refractivity contribution in [1.29, 1.82) is 0 Å². The van der Waals surface area contributed by atoms with Crippen LogP contribution in [0.2, 0.25) is 0 Å². The smallest absolute Gasteiger partial charge is 0.193 e. The van der Waals surface area contributed by atoms with Crippen LogP contribution in [0.25, 0.3) is 0 Å². The van der Waals surface area contributed by atoms with Gasteiger partial charge in [-0.1, -0.05) is 6.07 Å². The zero-order valence-electron chi connectivity index (χ0n) is 16.4. The molecule has 1 heterocycles. The summed E-state index contributed by atoms with van der Waals surface area (Å²) < 4.78 is 8.14. The standard InChI is InChI=1S/C21H29N5O/c1-21(2,3)27-18-13-17(19(18)26-11-5-10-23-26)25-20(22)24-16-9-8-14-6-4-7-15(14)12-16/h5,8-12,17-19H,4,6-7,13H2,1-3H3,(H3,22,24,25). The summed E-state index contributed by atoms with van der Waals surface area (Å²) >= 11 is 0. The fourth-order valence-electron chi connectivity index (χ4n) is 4.08. The quantitative estimate of drug-likeness (QED) is 0.642. The van der Waals surface area contributed by atoms with Gasteiger partial charge in [-0.3, -0.25) is 4.68 Å². The monoisotopic (exact) mass is 367 g/mol. The van der Waals surface area contributed by atoms with Crippen LogP contribution in [-0.2, 0) is 17.6 Å². The van der Waals surface area contributed by atoms with Crippen LogP contribution in [0.5, 0.6) is 0 Å². The van der Waals surface area contributed by atoms with Crippen LogP contribution in [0.3, 0.4) is 0 Å². The second-order valence-electron chi connectivity index (χ2n) is 8.52. The first-order valence-electron chi connectivity index (χ1n) is 9.78. The van der Waals surface area contributed by atoms with Gasteiger partial charge >= 0.3 is 0 Å². The second kappa shape index (κ2) is 7.00. The number of nitrogens with one attached hydrogen (secondary N) is 1. The minimum absolute atomic E-state index is 0.0548. The zero-order chi connectivity index (χ0) is 19.0. The maximum atomic E-state index is 6.22. The first-order chi connectivity index (χ1) is 12.9. The minimum atomic E-state index is -0.195. The molecule has 0 amide bonds. The van der Waals surface area contributed by atoms with Crippen molar-refractivity contribution in [3.63, 3.8) is 0 Å². The Morgan fingerprint density at radius 1 is 1.30 bits per heavy atom. The van der Waals surface area contributed by atoms with Crippen LogP contribution in [0.1, 0.15) is 50.8 Å². The molecule has 3 N–H and O–H groups in total. The lowest BCUT2D eigenvalue weighted by molar-refractivity contribution is -0.128. The van der Waals surface area contributed by atoms with Crippen molar-refractivity contribution in [2.45, 2.75) is 70.2 Å². The number of ether oxygens (including phenoxy) is 1. The van der Waals surface area contributed by atoms with Crippen LogP contribution >= 0.6 is 0 Å². The molecule has 1 aromatic carbocycles. The van der Waals surface area contributed by atoms with E-state index >= 15 is 0 Å². The van der Waals surface area contributed by atoms with Crippen LogP contribution in [0.15, 0.2) is 41.7 Å². The number of aliphatic imine (C=N–C) groups is 1. The van der Waals surface area contributed by atoms with Crippen LogP contribution in [-0.4, -0.2) is 33.5 Å². The third-order valence-corrected chi connectivity index (χ3v) is 5.26. The van der Waals surface area contributed by atoms with Crippen molar-refractivity contribution >= 4 is 11.6 Å². The van der Waals surface area contributed by atoms with Crippen LogP contribution < -0.4 is 11.1 Å². The van der Waals surface area contributed by atoms with E-state index in [4.69, 9.17) is 15.5 Å². The maximum Gasteiger partial charge on any atom is 0.193 e. The van der Waals surface area contributed by atoms with Gasteiger partial charge in [-0.05, 0) is 69.4 Å². The van der Waals surface area contributed by atoms with Gasteiger partial charge in [-0.25, -0.2) is 4.99 Å². The number of guanidine groups is 1. The molecule has 2 aromatic rings. The van der Waals surface area contributed by atoms with Gasteiger partial charge in [-0.2, -0.15) is 5.10 Å². The lowest BCUT2D eigenvalue weighted by Crippen LogP contribution is -2.51. The molecule has 0 radical (unpaired) electrons. The third-order valence-electron chi connectivity index (χ3n) is 5.26. The van der Waals surface area contributed by atoms with Gasteiger partial charge in [-0.15, -0.1) is 0 Å². The van der Waals surface area contributed by atoms with E-state index in [1.54, 1.807) is 6.20 Å². The number of anilines is 1. The molecule has 144 valence electrons. The highest BCUT2D eigenvalue weighted by Gasteiger charge is 2.45. The fourth-order valence-corrected chi connectivity index (χ4v) is 4.08. The summed E-state index contributed by atoms with van der Waals surface area (Å²) in [5.74, 6) is 0.448. The summed E-state index contributed by atoms with van der Waals surface area (Å²) in [5.41, 5.74) is 9.91. The lowest BCUT2D eigenvalue weighted by Gasteiger charge is -2.45. The van der Waals surface area contributed by atoms with Gasteiger partial charge in [0.25, 0.3) is 0 Å². The van der Waals surface area contributed by atoms with Crippen molar-refractivity contribution in [2.75, 3.05) is 5.32 Å². The SMILES string of the molecule is CC(C)(C)OC1CC(N=C(N)Nc2ccc3c(c2)CCC3)C1n1cccn1. The van der Waals surface area contributed by atoms with Gasteiger partial charge in [0.15, 0.2) is 5.96 Å². The Labute approximate surface area is 160 Å². The fraction of sp³-hybridized carbons (Fsp3) is 0.524. The predicted molar refractivity (Wildman–Crippen MR) is 108 cm³/mol. The average molecular weight is 367 g/mol. The number of hydrogen-bond acceptors (Lipinski definition) is 3. The van der Waals surface area contributed by atoms with Crippen LogP contribution in [0, 0.1) is 0 Å². The molecule has 1 fully saturated rings. The van der Waals surface area contributed by atoms with Crippen molar-refractivity contribution in [1.82, 2.24) is 9.78 Å². The molecule has 1 saturated carbocycles. The molecule has 0 aliphatic heterocycles. The van der Waals surface area contributed by atoms with E-state index in [9.17, 15) is 0 Å². The number of fused-ring (bicyclic) bond motifs is 1. The second-order valence-corrected chi connectivity index (χ2v) is 8.52. The van der Waals surface area contributed by atoms with Crippen molar-refractivity contribution < 1.29 is 4.74 Å². The van der Waals surface area contributed by atoms with E-state index in [0.29, 0.717) is 5.96 Å². The molecule has 1 aromatic heterocycles. The number of aryl methyl sites for hydroxylation is 2. The van der Waals surface area contributed by atoms with Gasteiger partial charge in [0.1, 0.15) is 6.04 Å². The van der Waals surface area contributed by atoms with Crippen molar-refractivity contribution in [3.05, 3.63) is 47.8 Å². The molecule has 27 heavy (non-hydrogen) atoms. The Hall–Kier alpha value is -2.34. The molecule has 3 atom stereocenters. The predicted octanol–water partition coefficient (Wildman–Crippen LogP) is 3.30. The minimum Gasteiger partial charge on any atom is -0.370 e. The van der Waals surface area contributed by atoms with E-state index in [1.807, 2.05) is 16.9 Å². The number of hydrogen-bond donors (Lipinski definition) is 2. The Bertz CT molecular complexity index is 822. The van der Waals surface area contributed by atoms with Crippen molar-refractivity contribution in [2.24, 2.45) is 10.7 Å². The van der Waals surface area contributed by atoms with E-state index in [-0.39, 0.29) is 23.8 Å². The third kappa shape index (κ3) is 4.00. The average Bonchev–Trinajstić information content (AvgIpc) is 3.23. The number of benzene rings is 1. The molecule has 2 aliphatic carbocycles. The highest BCUT2D eigenvalue weighted by atomic mass is 16.5. The highest BCUT2D eigenvalue weighted by Crippen LogP contribution is 2.39. The molecular weight excluding hydrogens is 338 g/mol. The molecule has 0 saturated heterocycles. The Kier molecular flexibility index (Phi) is 4.68. The summed E-state index contributed by atoms with van der Waals surface area (Å²) in [5, 5.41) is 7.66. The molecule has 6 nitrogen and oxygen atoms in total. The van der Waals surface area contributed by atoms with Gasteiger partial charge in [0, 0.05) is 24.5 Å². The first kappa shape index (κ1) is 18.0. The molecule has 6 heteroatoms. The summed E-state index contributed by atoms with van der Waals surface area (Å²) in [6.07, 6.45) is 8.26. The van der Waals surface area contributed by atoms with E-state index in [2.05, 4.69) is 49.4 Å². The number of nitrogens with two attached hydrogens (primary N) is 1. The zero-order valence-corrected chi connectivity index (χ0v) is 16.4. The maximum absolute atomic E-state index is 6.22. The highest BCUT2D eigenvalue weighted by molar-refractivity contribution is 5.92. The lowest BCUT2D eigenvalue weighted by atomic mass is 9.82. The van der Waals surface area contributed by atoms with E-state index < -0.39 is 0 Å². The normalized spacial score (nSPS) is 25.1. The van der Waals surface area contributed by atoms with Crippen molar-refractivity contribution in [3.8, 4) is 0 Å². The Balaban J connectivity index is 1.47. The molecule has 0 bridgehead atoms. The van der Waals surface area contributed by atoms with Gasteiger partial charge < -0.3 is 15.8 Å². The number of rotatable bonds is 4. The largest absolute Gasteiger partial charge is 0.370 e. The first-order valence-corrected chi connectivity index (χ1v) is 9.78. The molecule has 3 unspecified atom stereocenters.